The van der Waals surface area contributed by atoms with Crippen LogP contribution in [0.1, 0.15) is 26.7 Å². The van der Waals surface area contributed by atoms with Crippen LogP contribution in [0.4, 0.5) is 8.78 Å². The number of carbonyl (C=O) groups is 1. The number of halogens is 2. The van der Waals surface area contributed by atoms with Gasteiger partial charge in [-0.05, 0) is 19.3 Å². The fourth-order valence-corrected chi connectivity index (χ4v) is 1.06. The third-order valence-electron chi connectivity index (χ3n) is 1.93. The number of hydrogen-bond donors (Lipinski definition) is 1. The molecule has 0 spiro atoms. The summed E-state index contributed by atoms with van der Waals surface area (Å²) in [6.45, 7) is 2.73. The van der Waals surface area contributed by atoms with Gasteiger partial charge in [-0.25, -0.2) is 8.78 Å². The minimum absolute atomic E-state index is 0.139. The largest absolute Gasteiger partial charge is 0.353 e. The van der Waals surface area contributed by atoms with Crippen molar-refractivity contribution in [1.29, 1.82) is 0 Å². The van der Waals surface area contributed by atoms with E-state index in [-0.39, 0.29) is 6.04 Å². The summed E-state index contributed by atoms with van der Waals surface area (Å²) in [4.78, 5) is 10.9. The topological polar surface area (TPSA) is 29.1 Å². The Hall–Kier alpha value is -0.670. The van der Waals surface area contributed by atoms with Crippen LogP contribution < -0.4 is 5.32 Å². The molecular weight excluding hydrogens is 164 g/mol. The highest BCUT2D eigenvalue weighted by atomic mass is 19.3. The maximum Gasteiger partial charge on any atom is 0.254 e. The lowest BCUT2D eigenvalue weighted by Crippen LogP contribution is -2.31. The first kappa shape index (κ1) is 9.42. The van der Waals surface area contributed by atoms with Crippen molar-refractivity contribution in [3.8, 4) is 0 Å². The van der Waals surface area contributed by atoms with Gasteiger partial charge < -0.3 is 5.32 Å². The van der Waals surface area contributed by atoms with Crippen LogP contribution in [0.2, 0.25) is 0 Å². The van der Waals surface area contributed by atoms with Gasteiger partial charge in [-0.3, -0.25) is 4.79 Å². The second kappa shape index (κ2) is 2.99. The molecule has 0 aliphatic heterocycles. The van der Waals surface area contributed by atoms with Crippen LogP contribution in [0.3, 0.4) is 0 Å². The maximum absolute atomic E-state index is 12.3. The fraction of sp³-hybridized carbons (Fsp3) is 0.875. The molecule has 1 aliphatic carbocycles. The molecule has 1 aliphatic rings. The minimum Gasteiger partial charge on any atom is -0.353 e. The van der Waals surface area contributed by atoms with Gasteiger partial charge in [-0.15, -0.1) is 0 Å². The molecule has 0 bridgehead atoms. The summed E-state index contributed by atoms with van der Waals surface area (Å²) in [6.07, 6.45) is 0.219. The lowest BCUT2D eigenvalue weighted by atomic mass is 10.2. The quantitative estimate of drug-likeness (QED) is 0.696. The Bertz CT molecular complexity index is 188. The van der Waals surface area contributed by atoms with Crippen molar-refractivity contribution in [2.75, 3.05) is 0 Å². The molecule has 1 N–H and O–H groups in total. The fourth-order valence-electron chi connectivity index (χ4n) is 1.06. The van der Waals surface area contributed by atoms with E-state index in [0.29, 0.717) is 5.92 Å². The smallest absolute Gasteiger partial charge is 0.254 e. The highest BCUT2D eigenvalue weighted by Crippen LogP contribution is 2.29. The number of alkyl halides is 2. The first-order valence-electron chi connectivity index (χ1n) is 4.06. The molecule has 4 heteroatoms. The zero-order chi connectivity index (χ0) is 9.35. The van der Waals surface area contributed by atoms with Gasteiger partial charge in [-0.1, -0.05) is 6.92 Å². The van der Waals surface area contributed by atoms with Gasteiger partial charge in [0, 0.05) is 6.04 Å². The summed E-state index contributed by atoms with van der Waals surface area (Å²) < 4.78 is 24.6. The molecular formula is C8H13F2NO. The summed E-state index contributed by atoms with van der Waals surface area (Å²) in [7, 11) is 0. The van der Waals surface area contributed by atoms with Gasteiger partial charge in [0.15, 0.2) is 0 Å². The molecule has 1 amide bonds. The molecule has 70 valence electrons. The summed E-state index contributed by atoms with van der Waals surface area (Å²) in [6, 6.07) is 0.139. The summed E-state index contributed by atoms with van der Waals surface area (Å²) in [5.74, 6) is -2.97. The van der Waals surface area contributed by atoms with E-state index >= 15 is 0 Å². The van der Waals surface area contributed by atoms with Gasteiger partial charge in [0.25, 0.3) is 5.92 Å². The molecule has 0 aromatic carbocycles. The molecule has 0 heterocycles. The first-order valence-corrected chi connectivity index (χ1v) is 4.06. The van der Waals surface area contributed by atoms with Crippen LogP contribution in [0, 0.1) is 5.92 Å². The molecule has 2 nitrogen and oxygen atoms in total. The van der Waals surface area contributed by atoms with E-state index in [9.17, 15) is 13.6 Å². The van der Waals surface area contributed by atoms with Crippen LogP contribution in [-0.4, -0.2) is 17.9 Å². The SMILES string of the molecule is C[C@@H]1C[C@H]1NC(=O)CC(C)(F)F. The lowest BCUT2D eigenvalue weighted by Gasteiger charge is -2.09. The Morgan fingerprint density at radius 3 is 2.50 bits per heavy atom. The van der Waals surface area contributed by atoms with E-state index < -0.39 is 18.3 Å². The van der Waals surface area contributed by atoms with Crippen molar-refractivity contribution >= 4 is 5.91 Å². The second-order valence-electron chi connectivity index (χ2n) is 3.63. The molecule has 0 saturated heterocycles. The monoisotopic (exact) mass is 177 g/mol. The minimum atomic E-state index is -2.89. The molecule has 0 radical (unpaired) electrons. The van der Waals surface area contributed by atoms with Crippen LogP contribution in [0.15, 0.2) is 0 Å². The van der Waals surface area contributed by atoms with Crippen LogP contribution in [-0.2, 0) is 4.79 Å². The molecule has 1 fully saturated rings. The van der Waals surface area contributed by atoms with E-state index in [1.54, 1.807) is 0 Å². The summed E-state index contributed by atoms with van der Waals surface area (Å²) in [5, 5.41) is 2.54. The number of carbonyl (C=O) groups excluding carboxylic acids is 1. The Labute approximate surface area is 70.3 Å². The van der Waals surface area contributed by atoms with E-state index in [1.807, 2.05) is 6.92 Å². The maximum atomic E-state index is 12.3. The standard InChI is InChI=1S/C8H13F2NO/c1-5-3-6(5)11-7(12)4-8(2,9)10/h5-6H,3-4H2,1-2H3,(H,11,12)/t5-,6-/m1/s1. The Morgan fingerprint density at radius 2 is 2.17 bits per heavy atom. The predicted molar refractivity (Wildman–Crippen MR) is 40.9 cm³/mol. The molecule has 0 aromatic heterocycles. The van der Waals surface area contributed by atoms with E-state index in [0.717, 1.165) is 13.3 Å². The third-order valence-corrected chi connectivity index (χ3v) is 1.93. The average molecular weight is 177 g/mol. The van der Waals surface area contributed by atoms with E-state index in [4.69, 9.17) is 0 Å². The van der Waals surface area contributed by atoms with Crippen molar-refractivity contribution < 1.29 is 13.6 Å². The third kappa shape index (κ3) is 3.15. The van der Waals surface area contributed by atoms with Gasteiger partial charge in [0.1, 0.15) is 0 Å². The number of hydrogen-bond acceptors (Lipinski definition) is 1. The van der Waals surface area contributed by atoms with Crippen molar-refractivity contribution in [1.82, 2.24) is 5.32 Å². The highest BCUT2D eigenvalue weighted by molar-refractivity contribution is 5.77. The molecule has 1 rings (SSSR count). The Balaban J connectivity index is 2.21. The lowest BCUT2D eigenvalue weighted by molar-refractivity contribution is -0.127. The van der Waals surface area contributed by atoms with Crippen LogP contribution >= 0.6 is 0 Å². The molecule has 0 unspecified atom stereocenters. The zero-order valence-corrected chi connectivity index (χ0v) is 7.23. The molecule has 12 heavy (non-hydrogen) atoms. The molecule has 1 saturated carbocycles. The predicted octanol–water partition coefficient (Wildman–Crippen LogP) is 1.56. The van der Waals surface area contributed by atoms with Crippen molar-refractivity contribution in [3.63, 3.8) is 0 Å². The second-order valence-corrected chi connectivity index (χ2v) is 3.63. The van der Waals surface area contributed by atoms with Gasteiger partial charge in [-0.2, -0.15) is 0 Å². The van der Waals surface area contributed by atoms with Gasteiger partial charge in [0.05, 0.1) is 6.42 Å². The van der Waals surface area contributed by atoms with E-state index in [1.165, 1.54) is 0 Å². The highest BCUT2D eigenvalue weighted by Gasteiger charge is 2.35. The summed E-state index contributed by atoms with van der Waals surface area (Å²) >= 11 is 0. The number of amides is 1. The van der Waals surface area contributed by atoms with Crippen molar-refractivity contribution in [2.45, 2.75) is 38.7 Å². The van der Waals surface area contributed by atoms with Crippen molar-refractivity contribution in [2.24, 2.45) is 5.92 Å². The number of nitrogens with one attached hydrogen (secondary N) is 1. The molecule has 0 aromatic rings. The Morgan fingerprint density at radius 1 is 1.67 bits per heavy atom. The molecule has 2 atom stereocenters. The van der Waals surface area contributed by atoms with E-state index in [2.05, 4.69) is 5.32 Å². The number of rotatable bonds is 3. The van der Waals surface area contributed by atoms with Gasteiger partial charge in [0.2, 0.25) is 5.91 Å². The zero-order valence-electron chi connectivity index (χ0n) is 7.23. The summed E-state index contributed by atoms with van der Waals surface area (Å²) in [5.41, 5.74) is 0. The first-order chi connectivity index (χ1) is 5.38. The normalized spacial score (nSPS) is 28.3. The van der Waals surface area contributed by atoms with Crippen LogP contribution in [0.25, 0.3) is 0 Å². The van der Waals surface area contributed by atoms with Crippen LogP contribution in [0.5, 0.6) is 0 Å². The van der Waals surface area contributed by atoms with Gasteiger partial charge >= 0.3 is 0 Å². The average Bonchev–Trinajstić information content (AvgIpc) is 2.40. The Kier molecular flexibility index (Phi) is 2.35. The van der Waals surface area contributed by atoms with Crippen molar-refractivity contribution in [3.05, 3.63) is 0 Å².